The number of nitrogens with zero attached hydrogens (tertiary/aromatic N) is 1. The first-order valence-corrected chi connectivity index (χ1v) is 7.44. The lowest BCUT2D eigenvalue weighted by Crippen LogP contribution is -2.02. The summed E-state index contributed by atoms with van der Waals surface area (Å²) >= 11 is 0. The second kappa shape index (κ2) is 5.68. The third-order valence-corrected chi connectivity index (χ3v) is 4.44. The van der Waals surface area contributed by atoms with E-state index in [4.69, 9.17) is 0 Å². The first-order chi connectivity index (χ1) is 10.2. The van der Waals surface area contributed by atoms with Crippen molar-refractivity contribution in [3.8, 4) is 0 Å². The number of nitro benzene ring substituents is 1. The van der Waals surface area contributed by atoms with Gasteiger partial charge in [0, 0.05) is 29.6 Å². The summed E-state index contributed by atoms with van der Waals surface area (Å²) in [6.07, 6.45) is 8.07. The molecule has 0 aliphatic heterocycles. The number of para-hydroxylation sites is 1. The van der Waals surface area contributed by atoms with Crippen molar-refractivity contribution in [2.75, 3.05) is 0 Å². The molecule has 21 heavy (non-hydrogen) atoms. The van der Waals surface area contributed by atoms with Crippen LogP contribution in [0, 0.1) is 16.0 Å². The summed E-state index contributed by atoms with van der Waals surface area (Å²) < 4.78 is 0. The molecule has 1 aliphatic rings. The van der Waals surface area contributed by atoms with Crippen LogP contribution in [0.3, 0.4) is 0 Å². The molecule has 1 aromatic heterocycles. The van der Waals surface area contributed by atoms with Gasteiger partial charge in [0.05, 0.1) is 4.92 Å². The Labute approximate surface area is 122 Å². The topological polar surface area (TPSA) is 76.0 Å². The number of aromatic amines is 1. The fraction of sp³-hybridized carbons (Fsp3) is 0.438. The SMILES string of the molecule is O=C(CCC1CCCC1)c1c[nH]c2c([N+](=O)[O-])cccc12. The second-order valence-corrected chi connectivity index (χ2v) is 5.77. The van der Waals surface area contributed by atoms with Crippen LogP contribution in [-0.4, -0.2) is 15.7 Å². The number of rotatable bonds is 5. The minimum absolute atomic E-state index is 0.0161. The number of hydrogen-bond acceptors (Lipinski definition) is 3. The van der Waals surface area contributed by atoms with Gasteiger partial charge in [-0.15, -0.1) is 0 Å². The molecule has 0 spiro atoms. The van der Waals surface area contributed by atoms with Crippen LogP contribution in [0.25, 0.3) is 10.9 Å². The molecule has 0 unspecified atom stereocenters. The first-order valence-electron chi connectivity index (χ1n) is 7.44. The van der Waals surface area contributed by atoms with E-state index in [9.17, 15) is 14.9 Å². The van der Waals surface area contributed by atoms with Crippen molar-refractivity contribution in [1.29, 1.82) is 0 Å². The number of non-ortho nitro benzene ring substituents is 1. The summed E-state index contributed by atoms with van der Waals surface area (Å²) in [4.78, 5) is 25.8. The Morgan fingerprint density at radius 2 is 2.10 bits per heavy atom. The minimum atomic E-state index is -0.425. The van der Waals surface area contributed by atoms with Crippen LogP contribution in [0.5, 0.6) is 0 Å². The zero-order valence-electron chi connectivity index (χ0n) is 11.8. The number of H-pyrrole nitrogens is 1. The monoisotopic (exact) mass is 286 g/mol. The number of nitrogens with one attached hydrogen (secondary N) is 1. The fourth-order valence-corrected chi connectivity index (χ4v) is 3.29. The molecule has 1 aromatic carbocycles. The summed E-state index contributed by atoms with van der Waals surface area (Å²) in [7, 11) is 0. The van der Waals surface area contributed by atoms with Gasteiger partial charge in [0.15, 0.2) is 5.78 Å². The Balaban J connectivity index is 1.81. The van der Waals surface area contributed by atoms with Gasteiger partial charge in [-0.05, 0) is 12.3 Å². The van der Waals surface area contributed by atoms with Gasteiger partial charge in [-0.3, -0.25) is 14.9 Å². The zero-order chi connectivity index (χ0) is 14.8. The van der Waals surface area contributed by atoms with E-state index in [2.05, 4.69) is 4.98 Å². The van der Waals surface area contributed by atoms with Crippen LogP contribution in [0.4, 0.5) is 5.69 Å². The Hall–Kier alpha value is -2.17. The van der Waals surface area contributed by atoms with E-state index in [1.165, 1.54) is 31.7 Å². The predicted molar refractivity (Wildman–Crippen MR) is 80.5 cm³/mol. The van der Waals surface area contributed by atoms with Crippen molar-refractivity contribution in [2.45, 2.75) is 38.5 Å². The van der Waals surface area contributed by atoms with Gasteiger partial charge in [-0.25, -0.2) is 0 Å². The van der Waals surface area contributed by atoms with E-state index in [0.717, 1.165) is 6.42 Å². The van der Waals surface area contributed by atoms with E-state index in [1.54, 1.807) is 18.3 Å². The minimum Gasteiger partial charge on any atom is -0.355 e. The number of Topliss-reactive ketones (excluding diaryl/α,β-unsaturated/α-hetero) is 1. The number of carbonyl (C=O) groups excluding carboxylic acids is 1. The van der Waals surface area contributed by atoms with Crippen molar-refractivity contribution in [2.24, 2.45) is 5.92 Å². The van der Waals surface area contributed by atoms with Crippen LogP contribution in [0.15, 0.2) is 24.4 Å². The smallest absolute Gasteiger partial charge is 0.293 e. The van der Waals surface area contributed by atoms with Crippen molar-refractivity contribution in [3.05, 3.63) is 40.1 Å². The summed E-state index contributed by atoms with van der Waals surface area (Å²) in [5.74, 6) is 0.752. The highest BCUT2D eigenvalue weighted by Crippen LogP contribution is 2.31. The second-order valence-electron chi connectivity index (χ2n) is 5.77. The molecule has 0 bridgehead atoms. The summed E-state index contributed by atoms with van der Waals surface area (Å²) in [5, 5.41) is 11.6. The standard InChI is InChI=1S/C16H18N2O3/c19-15(9-8-11-4-1-2-5-11)13-10-17-16-12(13)6-3-7-14(16)18(20)21/h3,6-7,10-11,17H,1-2,4-5,8-9H2. The Morgan fingerprint density at radius 3 is 2.81 bits per heavy atom. The van der Waals surface area contributed by atoms with Crippen molar-refractivity contribution >= 4 is 22.4 Å². The molecule has 0 saturated heterocycles. The molecule has 0 atom stereocenters. The van der Waals surface area contributed by atoms with E-state index >= 15 is 0 Å². The maximum Gasteiger partial charge on any atom is 0.293 e. The summed E-state index contributed by atoms with van der Waals surface area (Å²) in [6.45, 7) is 0. The molecule has 1 aliphatic carbocycles. The molecule has 5 heteroatoms. The maximum atomic E-state index is 12.4. The molecule has 0 radical (unpaired) electrons. The molecule has 2 aromatic rings. The third kappa shape index (κ3) is 2.68. The molecular weight excluding hydrogens is 268 g/mol. The molecule has 3 rings (SSSR count). The summed E-state index contributed by atoms with van der Waals surface area (Å²) in [6, 6.07) is 4.84. The van der Waals surface area contributed by atoms with Gasteiger partial charge in [-0.2, -0.15) is 0 Å². The molecule has 5 nitrogen and oxygen atoms in total. The third-order valence-electron chi connectivity index (χ3n) is 4.44. The maximum absolute atomic E-state index is 12.4. The van der Waals surface area contributed by atoms with E-state index in [-0.39, 0.29) is 11.5 Å². The van der Waals surface area contributed by atoms with Crippen LogP contribution in [-0.2, 0) is 0 Å². The molecule has 1 N–H and O–H groups in total. The molecular formula is C16H18N2O3. The van der Waals surface area contributed by atoms with Gasteiger partial charge in [-0.1, -0.05) is 37.8 Å². The Morgan fingerprint density at radius 1 is 1.33 bits per heavy atom. The van der Waals surface area contributed by atoms with E-state index < -0.39 is 4.92 Å². The van der Waals surface area contributed by atoms with Crippen LogP contribution in [0.1, 0.15) is 48.9 Å². The fourth-order valence-electron chi connectivity index (χ4n) is 3.29. The van der Waals surface area contributed by atoms with Gasteiger partial charge in [0.25, 0.3) is 5.69 Å². The zero-order valence-corrected chi connectivity index (χ0v) is 11.8. The largest absolute Gasteiger partial charge is 0.355 e. The first kappa shape index (κ1) is 13.8. The molecule has 110 valence electrons. The average Bonchev–Trinajstić information content (AvgIpc) is 3.13. The summed E-state index contributed by atoms with van der Waals surface area (Å²) in [5.41, 5.74) is 1.03. The number of fused-ring (bicyclic) bond motifs is 1. The molecule has 1 fully saturated rings. The molecule has 1 heterocycles. The van der Waals surface area contributed by atoms with Gasteiger partial charge < -0.3 is 4.98 Å². The number of hydrogen-bond donors (Lipinski definition) is 1. The van der Waals surface area contributed by atoms with E-state index in [0.29, 0.717) is 28.8 Å². The number of carbonyl (C=O) groups is 1. The van der Waals surface area contributed by atoms with Crippen molar-refractivity contribution < 1.29 is 9.72 Å². The average molecular weight is 286 g/mol. The molecule has 1 saturated carbocycles. The quantitative estimate of drug-likeness (QED) is 0.507. The highest BCUT2D eigenvalue weighted by atomic mass is 16.6. The van der Waals surface area contributed by atoms with Gasteiger partial charge in [0.2, 0.25) is 0 Å². The highest BCUT2D eigenvalue weighted by molar-refractivity contribution is 6.09. The van der Waals surface area contributed by atoms with Crippen molar-refractivity contribution in [3.63, 3.8) is 0 Å². The molecule has 0 amide bonds. The number of benzene rings is 1. The van der Waals surface area contributed by atoms with E-state index in [1.807, 2.05) is 0 Å². The lowest BCUT2D eigenvalue weighted by molar-refractivity contribution is -0.383. The lowest BCUT2D eigenvalue weighted by atomic mass is 9.97. The normalized spacial score (nSPS) is 15.6. The number of aromatic nitrogens is 1. The predicted octanol–water partition coefficient (Wildman–Crippen LogP) is 4.23. The lowest BCUT2D eigenvalue weighted by Gasteiger charge is -2.07. The Kier molecular flexibility index (Phi) is 3.73. The van der Waals surface area contributed by atoms with Crippen LogP contribution < -0.4 is 0 Å². The van der Waals surface area contributed by atoms with Crippen LogP contribution >= 0.6 is 0 Å². The van der Waals surface area contributed by atoms with Crippen LogP contribution in [0.2, 0.25) is 0 Å². The number of ketones is 1. The van der Waals surface area contributed by atoms with Gasteiger partial charge >= 0.3 is 0 Å². The number of nitro groups is 1. The van der Waals surface area contributed by atoms with Gasteiger partial charge in [0.1, 0.15) is 5.52 Å². The Bertz CT molecular complexity index is 684. The van der Waals surface area contributed by atoms with Crippen molar-refractivity contribution in [1.82, 2.24) is 4.98 Å². The highest BCUT2D eigenvalue weighted by Gasteiger charge is 2.20.